The highest BCUT2D eigenvalue weighted by Gasteiger charge is 2.22. The first-order valence-electron chi connectivity index (χ1n) is 8.38. The molecule has 2 atom stereocenters. The van der Waals surface area contributed by atoms with E-state index in [1.165, 1.54) is 44.9 Å². The highest BCUT2D eigenvalue weighted by molar-refractivity contribution is 4.74. The third kappa shape index (κ3) is 4.64. The fraction of sp³-hybridized carbons (Fsp3) is 1.00. The molecule has 0 aromatic rings. The lowest BCUT2D eigenvalue weighted by atomic mass is 9.81. The maximum absolute atomic E-state index is 2.37. The Morgan fingerprint density at radius 3 is 1.88 bits per heavy atom. The van der Waals surface area contributed by atoms with Gasteiger partial charge >= 0.3 is 0 Å². The molecule has 100 valence electrons. The van der Waals surface area contributed by atoms with Crippen molar-refractivity contribution < 1.29 is 0 Å². The molecule has 2 rings (SSSR count). The van der Waals surface area contributed by atoms with Crippen LogP contribution in [-0.4, -0.2) is 0 Å². The van der Waals surface area contributed by atoms with Crippen LogP contribution in [0.2, 0.25) is 0 Å². The van der Waals surface area contributed by atoms with E-state index in [4.69, 9.17) is 0 Å². The number of hydrogen-bond donors (Lipinski definition) is 0. The summed E-state index contributed by atoms with van der Waals surface area (Å²) in [6.45, 7) is 2.37. The zero-order valence-corrected chi connectivity index (χ0v) is 11.9. The first-order chi connectivity index (χ1) is 8.38. The molecule has 0 N–H and O–H groups in total. The van der Waals surface area contributed by atoms with E-state index in [0.717, 1.165) is 17.8 Å². The second kappa shape index (κ2) is 7.44. The molecule has 0 heteroatoms. The van der Waals surface area contributed by atoms with Gasteiger partial charge in [-0.2, -0.15) is 0 Å². The molecule has 2 aliphatic carbocycles. The van der Waals surface area contributed by atoms with Gasteiger partial charge in [-0.25, -0.2) is 0 Å². The van der Waals surface area contributed by atoms with Crippen molar-refractivity contribution in [3.05, 3.63) is 0 Å². The van der Waals surface area contributed by atoms with Crippen molar-refractivity contribution in [2.45, 2.75) is 90.4 Å². The molecule has 0 heterocycles. The molecule has 0 aromatic heterocycles. The van der Waals surface area contributed by atoms with Crippen molar-refractivity contribution in [2.75, 3.05) is 0 Å². The average Bonchev–Trinajstić information content (AvgIpc) is 2.73. The monoisotopic (exact) mass is 236 g/mol. The van der Waals surface area contributed by atoms with E-state index < -0.39 is 0 Å². The molecule has 0 nitrogen and oxygen atoms in total. The molecular weight excluding hydrogens is 204 g/mol. The number of hydrogen-bond acceptors (Lipinski definition) is 0. The summed E-state index contributed by atoms with van der Waals surface area (Å²) in [4.78, 5) is 0. The molecule has 0 bridgehead atoms. The normalized spacial score (nSPS) is 29.5. The predicted octanol–water partition coefficient (Wildman–Crippen LogP) is 5.95. The van der Waals surface area contributed by atoms with Crippen LogP contribution < -0.4 is 0 Å². The van der Waals surface area contributed by atoms with E-state index in [1.807, 2.05) is 0 Å². The smallest absolute Gasteiger partial charge is 0.0412 e. The van der Waals surface area contributed by atoms with Crippen molar-refractivity contribution in [3.8, 4) is 0 Å². The fourth-order valence-corrected chi connectivity index (χ4v) is 3.81. The maximum Gasteiger partial charge on any atom is -0.0412 e. The number of unbranched alkanes of at least 4 members (excludes halogenated alkanes) is 3. The van der Waals surface area contributed by atoms with E-state index >= 15 is 0 Å². The SMILES string of the molecule is CCC1CCC(CCCCCCC2CCC2)C1. The average molecular weight is 236 g/mol. The van der Waals surface area contributed by atoms with Crippen LogP contribution in [0, 0.1) is 17.8 Å². The molecule has 0 saturated heterocycles. The van der Waals surface area contributed by atoms with E-state index in [1.54, 1.807) is 38.5 Å². The molecule has 2 aliphatic rings. The zero-order chi connectivity index (χ0) is 11.9. The summed E-state index contributed by atoms with van der Waals surface area (Å²) < 4.78 is 0. The maximum atomic E-state index is 2.37. The largest absolute Gasteiger partial charge is 0.0651 e. The summed E-state index contributed by atoms with van der Waals surface area (Å²) >= 11 is 0. The quantitative estimate of drug-likeness (QED) is 0.457. The van der Waals surface area contributed by atoms with Crippen molar-refractivity contribution in [1.29, 1.82) is 0 Å². The Kier molecular flexibility index (Phi) is 5.88. The molecule has 0 spiro atoms. The Morgan fingerprint density at radius 2 is 1.35 bits per heavy atom. The van der Waals surface area contributed by atoms with Gasteiger partial charge in [-0.05, 0) is 24.2 Å². The minimum Gasteiger partial charge on any atom is -0.0651 e. The number of rotatable bonds is 8. The highest BCUT2D eigenvalue weighted by Crippen LogP contribution is 2.36. The second-order valence-electron chi connectivity index (χ2n) is 6.74. The molecule has 17 heavy (non-hydrogen) atoms. The van der Waals surface area contributed by atoms with Crippen LogP contribution in [0.5, 0.6) is 0 Å². The van der Waals surface area contributed by atoms with Crippen molar-refractivity contribution in [2.24, 2.45) is 17.8 Å². The van der Waals surface area contributed by atoms with Crippen molar-refractivity contribution in [3.63, 3.8) is 0 Å². The Hall–Kier alpha value is 0. The van der Waals surface area contributed by atoms with Gasteiger partial charge in [0.05, 0.1) is 0 Å². The molecule has 0 amide bonds. The van der Waals surface area contributed by atoms with E-state index in [-0.39, 0.29) is 0 Å². The molecule has 2 unspecified atom stereocenters. The highest BCUT2D eigenvalue weighted by atomic mass is 14.3. The van der Waals surface area contributed by atoms with Gasteiger partial charge in [-0.15, -0.1) is 0 Å². The van der Waals surface area contributed by atoms with Crippen LogP contribution in [0.3, 0.4) is 0 Å². The van der Waals surface area contributed by atoms with Gasteiger partial charge in [0.2, 0.25) is 0 Å². The Morgan fingerprint density at radius 1 is 0.706 bits per heavy atom. The predicted molar refractivity (Wildman–Crippen MR) is 76.2 cm³/mol. The van der Waals surface area contributed by atoms with Gasteiger partial charge in [0, 0.05) is 0 Å². The third-order valence-electron chi connectivity index (χ3n) is 5.43. The first kappa shape index (κ1) is 13.4. The lowest BCUT2D eigenvalue weighted by Crippen LogP contribution is -2.10. The van der Waals surface area contributed by atoms with Crippen molar-refractivity contribution >= 4 is 0 Å². The zero-order valence-electron chi connectivity index (χ0n) is 11.9. The Bertz CT molecular complexity index is 192. The van der Waals surface area contributed by atoms with E-state index in [2.05, 4.69) is 6.92 Å². The lowest BCUT2D eigenvalue weighted by Gasteiger charge is -2.25. The van der Waals surface area contributed by atoms with Gasteiger partial charge in [0.1, 0.15) is 0 Å². The van der Waals surface area contributed by atoms with Gasteiger partial charge in [-0.3, -0.25) is 0 Å². The van der Waals surface area contributed by atoms with Crippen LogP contribution in [0.1, 0.15) is 90.4 Å². The summed E-state index contributed by atoms with van der Waals surface area (Å²) in [6, 6.07) is 0. The molecule has 2 fully saturated rings. The van der Waals surface area contributed by atoms with E-state index in [0.29, 0.717) is 0 Å². The second-order valence-corrected chi connectivity index (χ2v) is 6.74. The standard InChI is InChI=1S/C17H32/c1-2-15-12-13-17(14-15)9-6-4-3-5-8-16-10-7-11-16/h15-17H,2-14H2,1H3. The van der Waals surface area contributed by atoms with Gasteiger partial charge < -0.3 is 0 Å². The van der Waals surface area contributed by atoms with Gasteiger partial charge in [0.25, 0.3) is 0 Å². The minimum absolute atomic E-state index is 1.08. The van der Waals surface area contributed by atoms with Crippen molar-refractivity contribution in [1.82, 2.24) is 0 Å². The summed E-state index contributed by atoms with van der Waals surface area (Å²) in [6.07, 6.45) is 19.8. The minimum atomic E-state index is 1.08. The van der Waals surface area contributed by atoms with Crippen LogP contribution in [0.25, 0.3) is 0 Å². The topological polar surface area (TPSA) is 0 Å². The fourth-order valence-electron chi connectivity index (χ4n) is 3.81. The van der Waals surface area contributed by atoms with Crippen LogP contribution in [-0.2, 0) is 0 Å². The summed E-state index contributed by atoms with van der Waals surface area (Å²) in [7, 11) is 0. The summed E-state index contributed by atoms with van der Waals surface area (Å²) in [5, 5.41) is 0. The van der Waals surface area contributed by atoms with E-state index in [9.17, 15) is 0 Å². The molecule has 2 saturated carbocycles. The molecule has 0 aliphatic heterocycles. The Balaban J connectivity index is 1.38. The van der Waals surface area contributed by atoms with Gasteiger partial charge in [-0.1, -0.05) is 84.0 Å². The third-order valence-corrected chi connectivity index (χ3v) is 5.43. The van der Waals surface area contributed by atoms with Crippen LogP contribution >= 0.6 is 0 Å². The molecule has 0 radical (unpaired) electrons. The summed E-state index contributed by atoms with van der Waals surface area (Å²) in [5.74, 6) is 3.32. The van der Waals surface area contributed by atoms with Crippen LogP contribution in [0.4, 0.5) is 0 Å². The molecule has 0 aromatic carbocycles. The van der Waals surface area contributed by atoms with Gasteiger partial charge in [0.15, 0.2) is 0 Å². The molecular formula is C17H32. The van der Waals surface area contributed by atoms with Crippen LogP contribution in [0.15, 0.2) is 0 Å². The lowest BCUT2D eigenvalue weighted by molar-refractivity contribution is 0.285. The summed E-state index contributed by atoms with van der Waals surface area (Å²) in [5.41, 5.74) is 0. The first-order valence-corrected chi connectivity index (χ1v) is 8.38. The Labute approximate surface area is 109 Å².